The van der Waals surface area contributed by atoms with E-state index < -0.39 is 0 Å². The summed E-state index contributed by atoms with van der Waals surface area (Å²) in [6.07, 6.45) is 0.512. The molecule has 0 radical (unpaired) electrons. The number of carbonyl (C=O) groups excluding carboxylic acids is 1. The maximum Gasteiger partial charge on any atom is 0.224 e. The molecule has 0 unspecified atom stereocenters. The summed E-state index contributed by atoms with van der Waals surface area (Å²) in [6.45, 7) is 7.18. The molecular weight excluding hydrogens is 408 g/mol. The minimum absolute atomic E-state index is 0.0302. The summed E-state index contributed by atoms with van der Waals surface area (Å²) in [5, 5.41) is 6.32. The molecule has 0 bridgehead atoms. The first-order valence-electron chi connectivity index (χ1n) is 9.06. The highest BCUT2D eigenvalue weighted by molar-refractivity contribution is 9.10. The summed E-state index contributed by atoms with van der Waals surface area (Å²) >= 11 is 3.53. The number of amides is 1. The van der Waals surface area contributed by atoms with Crippen molar-refractivity contribution in [1.29, 1.82) is 0 Å². The highest BCUT2D eigenvalue weighted by atomic mass is 79.9. The van der Waals surface area contributed by atoms with Gasteiger partial charge in [-0.25, -0.2) is 0 Å². The summed E-state index contributed by atoms with van der Waals surface area (Å²) in [5.74, 6) is 1.76. The van der Waals surface area contributed by atoms with Gasteiger partial charge in [0.2, 0.25) is 5.91 Å². The van der Waals surface area contributed by atoms with Crippen molar-refractivity contribution in [3.8, 4) is 11.5 Å². The van der Waals surface area contributed by atoms with Gasteiger partial charge in [-0.15, -0.1) is 0 Å². The molecule has 2 aromatic carbocycles. The van der Waals surface area contributed by atoms with Crippen molar-refractivity contribution in [1.82, 2.24) is 0 Å². The van der Waals surface area contributed by atoms with E-state index >= 15 is 0 Å². The fraction of sp³-hybridized carbons (Fsp3) is 0.381. The predicted molar refractivity (Wildman–Crippen MR) is 114 cm³/mol. The molecule has 0 spiro atoms. The molecule has 2 rings (SSSR count). The van der Waals surface area contributed by atoms with Crippen LogP contribution in [0, 0.1) is 5.92 Å². The Kier molecular flexibility index (Phi) is 7.98. The van der Waals surface area contributed by atoms with E-state index in [1.807, 2.05) is 57.2 Å². The average molecular weight is 435 g/mol. The lowest BCUT2D eigenvalue weighted by Crippen LogP contribution is -2.13. The third-order valence-corrected chi connectivity index (χ3v) is 4.40. The zero-order valence-corrected chi connectivity index (χ0v) is 17.9. The average Bonchev–Trinajstić information content (AvgIpc) is 2.59. The van der Waals surface area contributed by atoms with E-state index in [0.29, 0.717) is 37.0 Å². The normalized spacial score (nSPS) is 10.6. The van der Waals surface area contributed by atoms with E-state index in [1.165, 1.54) is 0 Å². The first-order valence-corrected chi connectivity index (χ1v) is 9.85. The van der Waals surface area contributed by atoms with Crippen LogP contribution < -0.4 is 20.1 Å². The van der Waals surface area contributed by atoms with Crippen LogP contribution in [0.25, 0.3) is 0 Å². The number of ether oxygens (including phenoxy) is 2. The Labute approximate surface area is 169 Å². The van der Waals surface area contributed by atoms with Crippen molar-refractivity contribution < 1.29 is 14.3 Å². The molecular formula is C21H27BrN2O3. The summed E-state index contributed by atoms with van der Waals surface area (Å²) in [7, 11) is 1.62. The van der Waals surface area contributed by atoms with Crippen LogP contribution in [0.1, 0.15) is 32.8 Å². The summed E-state index contributed by atoms with van der Waals surface area (Å²) < 4.78 is 11.9. The standard InChI is InChI=1S/C21H27BrN2O3/c1-5-27-19-11-15(10-18(22)21(19)26-4)13-23-16-7-6-8-17(12-16)24-20(25)9-14(2)3/h6-8,10-12,14,23H,5,9,13H2,1-4H3,(H,24,25). The van der Waals surface area contributed by atoms with E-state index in [1.54, 1.807) is 7.11 Å². The molecule has 0 aromatic heterocycles. The van der Waals surface area contributed by atoms with E-state index in [2.05, 4.69) is 26.6 Å². The molecule has 2 N–H and O–H groups in total. The topological polar surface area (TPSA) is 59.6 Å². The van der Waals surface area contributed by atoms with Gasteiger partial charge in [-0.05, 0) is 64.7 Å². The number of halogens is 1. The fourth-order valence-corrected chi connectivity index (χ4v) is 3.33. The fourth-order valence-electron chi connectivity index (χ4n) is 2.68. The zero-order valence-electron chi connectivity index (χ0n) is 16.3. The predicted octanol–water partition coefficient (Wildman–Crippen LogP) is 5.45. The Bertz CT molecular complexity index is 778. The van der Waals surface area contributed by atoms with Crippen LogP contribution in [-0.4, -0.2) is 19.6 Å². The van der Waals surface area contributed by atoms with Crippen molar-refractivity contribution in [3.63, 3.8) is 0 Å². The molecule has 0 aliphatic rings. The number of carbonyl (C=O) groups is 1. The van der Waals surface area contributed by atoms with Gasteiger partial charge in [0, 0.05) is 24.3 Å². The van der Waals surface area contributed by atoms with Crippen molar-refractivity contribution in [2.24, 2.45) is 5.92 Å². The lowest BCUT2D eigenvalue weighted by molar-refractivity contribution is -0.116. The molecule has 0 saturated carbocycles. The number of anilines is 2. The number of hydrogen-bond acceptors (Lipinski definition) is 4. The van der Waals surface area contributed by atoms with Crippen LogP contribution in [0.15, 0.2) is 40.9 Å². The number of hydrogen-bond donors (Lipinski definition) is 2. The molecule has 0 aliphatic heterocycles. The van der Waals surface area contributed by atoms with E-state index in [4.69, 9.17) is 9.47 Å². The van der Waals surface area contributed by atoms with Gasteiger partial charge in [0.25, 0.3) is 0 Å². The number of rotatable bonds is 9. The first kappa shape index (κ1) is 21.1. The maximum absolute atomic E-state index is 11.9. The van der Waals surface area contributed by atoms with E-state index in [0.717, 1.165) is 21.4 Å². The Morgan fingerprint density at radius 3 is 2.59 bits per heavy atom. The molecule has 146 valence electrons. The molecule has 0 atom stereocenters. The minimum Gasteiger partial charge on any atom is -0.492 e. The zero-order chi connectivity index (χ0) is 19.8. The maximum atomic E-state index is 11.9. The molecule has 27 heavy (non-hydrogen) atoms. The second kappa shape index (κ2) is 10.2. The highest BCUT2D eigenvalue weighted by Crippen LogP contribution is 2.36. The summed E-state index contributed by atoms with van der Waals surface area (Å²) in [4.78, 5) is 11.9. The van der Waals surface area contributed by atoms with Crippen LogP contribution in [-0.2, 0) is 11.3 Å². The van der Waals surface area contributed by atoms with Crippen LogP contribution in [0.4, 0.5) is 11.4 Å². The molecule has 2 aromatic rings. The molecule has 0 heterocycles. The number of benzene rings is 2. The van der Waals surface area contributed by atoms with Gasteiger partial charge in [0.1, 0.15) is 0 Å². The van der Waals surface area contributed by atoms with Crippen LogP contribution >= 0.6 is 15.9 Å². The Morgan fingerprint density at radius 2 is 1.93 bits per heavy atom. The second-order valence-corrected chi connectivity index (χ2v) is 7.48. The van der Waals surface area contributed by atoms with Gasteiger partial charge < -0.3 is 20.1 Å². The summed E-state index contributed by atoms with van der Waals surface area (Å²) in [6, 6.07) is 11.7. The van der Waals surface area contributed by atoms with Gasteiger partial charge in [0.15, 0.2) is 11.5 Å². The lowest BCUT2D eigenvalue weighted by atomic mass is 10.1. The molecule has 0 saturated heterocycles. The van der Waals surface area contributed by atoms with Crippen LogP contribution in [0.3, 0.4) is 0 Å². The Hall–Kier alpha value is -2.21. The van der Waals surface area contributed by atoms with Crippen molar-refractivity contribution in [3.05, 3.63) is 46.4 Å². The highest BCUT2D eigenvalue weighted by Gasteiger charge is 2.11. The van der Waals surface area contributed by atoms with Crippen molar-refractivity contribution in [2.45, 2.75) is 33.7 Å². The minimum atomic E-state index is 0.0302. The van der Waals surface area contributed by atoms with Gasteiger partial charge >= 0.3 is 0 Å². The van der Waals surface area contributed by atoms with E-state index in [9.17, 15) is 4.79 Å². The van der Waals surface area contributed by atoms with Crippen LogP contribution in [0.2, 0.25) is 0 Å². The monoisotopic (exact) mass is 434 g/mol. The number of methoxy groups -OCH3 is 1. The van der Waals surface area contributed by atoms with Crippen molar-refractivity contribution in [2.75, 3.05) is 24.4 Å². The molecule has 0 aliphatic carbocycles. The number of nitrogens with one attached hydrogen (secondary N) is 2. The van der Waals surface area contributed by atoms with Gasteiger partial charge in [-0.2, -0.15) is 0 Å². The van der Waals surface area contributed by atoms with Crippen molar-refractivity contribution >= 4 is 33.2 Å². The Morgan fingerprint density at radius 1 is 1.19 bits per heavy atom. The molecule has 5 nitrogen and oxygen atoms in total. The second-order valence-electron chi connectivity index (χ2n) is 6.62. The first-order chi connectivity index (χ1) is 12.9. The molecule has 1 amide bonds. The third kappa shape index (κ3) is 6.47. The quantitative estimate of drug-likeness (QED) is 0.550. The van der Waals surface area contributed by atoms with Gasteiger partial charge in [-0.3, -0.25) is 4.79 Å². The van der Waals surface area contributed by atoms with Crippen LogP contribution in [0.5, 0.6) is 11.5 Å². The van der Waals surface area contributed by atoms with E-state index in [-0.39, 0.29) is 5.91 Å². The smallest absolute Gasteiger partial charge is 0.224 e. The lowest BCUT2D eigenvalue weighted by Gasteiger charge is -2.14. The summed E-state index contributed by atoms with van der Waals surface area (Å²) in [5.41, 5.74) is 2.78. The largest absolute Gasteiger partial charge is 0.492 e. The van der Waals surface area contributed by atoms with Gasteiger partial charge in [-0.1, -0.05) is 19.9 Å². The Balaban J connectivity index is 2.06. The third-order valence-electron chi connectivity index (χ3n) is 3.81. The SMILES string of the molecule is CCOc1cc(CNc2cccc(NC(=O)CC(C)C)c2)cc(Br)c1OC. The molecule has 0 fully saturated rings. The molecule has 6 heteroatoms. The van der Waals surface area contributed by atoms with Gasteiger partial charge in [0.05, 0.1) is 18.2 Å².